The molecule has 0 saturated carbocycles. The van der Waals surface area contributed by atoms with E-state index in [0.717, 1.165) is 23.7 Å². The first kappa shape index (κ1) is 14.1. The molecular formula is C14H16N4O2S. The summed E-state index contributed by atoms with van der Waals surface area (Å²) in [5.74, 6) is -0.0624. The second-order valence-electron chi connectivity index (χ2n) is 4.72. The summed E-state index contributed by atoms with van der Waals surface area (Å²) in [6, 6.07) is 9.80. The molecule has 1 amide bonds. The Labute approximate surface area is 126 Å². The van der Waals surface area contributed by atoms with Crippen molar-refractivity contribution >= 4 is 22.4 Å². The van der Waals surface area contributed by atoms with Gasteiger partial charge in [-0.25, -0.2) is 0 Å². The molecule has 1 saturated heterocycles. The van der Waals surface area contributed by atoms with Crippen molar-refractivity contribution < 1.29 is 9.53 Å². The summed E-state index contributed by atoms with van der Waals surface area (Å²) in [4.78, 5) is 14.0. The number of nitrogens with zero attached hydrogens (tertiary/aromatic N) is 3. The lowest BCUT2D eigenvalue weighted by molar-refractivity contribution is -0.118. The Hall–Kier alpha value is -1.83. The lowest BCUT2D eigenvalue weighted by atomic mass is 10.2. The topological polar surface area (TPSA) is 67.3 Å². The number of nitrogens with one attached hydrogen (secondary N) is 1. The molecule has 6 nitrogen and oxygen atoms in total. The van der Waals surface area contributed by atoms with E-state index in [1.165, 1.54) is 11.3 Å². The average Bonchev–Trinajstić information content (AvgIpc) is 2.97. The minimum Gasteiger partial charge on any atom is -0.379 e. The second-order valence-corrected chi connectivity index (χ2v) is 5.69. The molecule has 1 aliphatic rings. The highest BCUT2D eigenvalue weighted by Crippen LogP contribution is 2.25. The molecule has 0 atom stereocenters. The fraction of sp³-hybridized carbons (Fsp3) is 0.357. The Bertz CT molecular complexity index is 596. The lowest BCUT2D eigenvalue weighted by Crippen LogP contribution is -2.41. The Kier molecular flexibility index (Phi) is 4.54. The van der Waals surface area contributed by atoms with Gasteiger partial charge in [-0.15, -0.1) is 10.2 Å². The second kappa shape index (κ2) is 6.75. The van der Waals surface area contributed by atoms with E-state index in [2.05, 4.69) is 20.4 Å². The molecule has 7 heteroatoms. The van der Waals surface area contributed by atoms with Crippen LogP contribution >= 0.6 is 11.3 Å². The Morgan fingerprint density at radius 3 is 2.76 bits per heavy atom. The van der Waals surface area contributed by atoms with Crippen molar-refractivity contribution in [3.8, 4) is 10.6 Å². The zero-order valence-electron chi connectivity index (χ0n) is 11.5. The highest BCUT2D eigenvalue weighted by Gasteiger charge is 2.15. The van der Waals surface area contributed by atoms with Crippen molar-refractivity contribution in [1.29, 1.82) is 0 Å². The van der Waals surface area contributed by atoms with Gasteiger partial charge in [-0.2, -0.15) is 0 Å². The fourth-order valence-electron chi connectivity index (χ4n) is 2.09. The van der Waals surface area contributed by atoms with E-state index in [1.807, 2.05) is 30.3 Å². The molecule has 0 unspecified atom stereocenters. The lowest BCUT2D eigenvalue weighted by Gasteiger charge is -2.25. The standard InChI is InChI=1S/C14H16N4O2S/c19-12(10-18-6-8-20-9-7-18)15-14-17-16-13(21-14)11-4-2-1-3-5-11/h1-5H,6-10H2,(H,15,17,19). The third-order valence-corrected chi connectivity index (χ3v) is 4.05. The third kappa shape index (κ3) is 3.84. The van der Waals surface area contributed by atoms with E-state index < -0.39 is 0 Å². The molecule has 0 spiro atoms. The predicted octanol–water partition coefficient (Wildman–Crippen LogP) is 1.48. The highest BCUT2D eigenvalue weighted by atomic mass is 32.1. The molecule has 1 aromatic carbocycles. The number of ether oxygens (including phenoxy) is 1. The first-order valence-electron chi connectivity index (χ1n) is 6.80. The van der Waals surface area contributed by atoms with E-state index >= 15 is 0 Å². The first-order chi connectivity index (χ1) is 10.3. The van der Waals surface area contributed by atoms with Gasteiger partial charge >= 0.3 is 0 Å². The van der Waals surface area contributed by atoms with Crippen LogP contribution in [0.25, 0.3) is 10.6 Å². The van der Waals surface area contributed by atoms with E-state index in [0.29, 0.717) is 24.9 Å². The van der Waals surface area contributed by atoms with E-state index in [4.69, 9.17) is 4.74 Å². The van der Waals surface area contributed by atoms with Gasteiger partial charge in [0.25, 0.3) is 0 Å². The largest absolute Gasteiger partial charge is 0.379 e. The minimum absolute atomic E-state index is 0.0624. The summed E-state index contributed by atoms with van der Waals surface area (Å²) >= 11 is 1.38. The highest BCUT2D eigenvalue weighted by molar-refractivity contribution is 7.18. The molecule has 2 heterocycles. The van der Waals surface area contributed by atoms with Crippen LogP contribution in [0.1, 0.15) is 0 Å². The van der Waals surface area contributed by atoms with Crippen molar-refractivity contribution in [2.75, 3.05) is 38.2 Å². The summed E-state index contributed by atoms with van der Waals surface area (Å²) < 4.78 is 5.26. The van der Waals surface area contributed by atoms with E-state index in [1.54, 1.807) is 0 Å². The smallest absolute Gasteiger partial charge is 0.240 e. The molecule has 0 radical (unpaired) electrons. The first-order valence-corrected chi connectivity index (χ1v) is 7.62. The van der Waals surface area contributed by atoms with Crippen LogP contribution in [0.2, 0.25) is 0 Å². The molecular weight excluding hydrogens is 288 g/mol. The molecule has 1 fully saturated rings. The molecule has 0 bridgehead atoms. The van der Waals surface area contributed by atoms with Crippen LogP contribution in [-0.4, -0.2) is 53.9 Å². The Balaban J connectivity index is 1.58. The number of anilines is 1. The summed E-state index contributed by atoms with van der Waals surface area (Å²) in [5.41, 5.74) is 1.00. The summed E-state index contributed by atoms with van der Waals surface area (Å²) in [7, 11) is 0. The number of benzene rings is 1. The quantitative estimate of drug-likeness (QED) is 0.926. The molecule has 1 aliphatic heterocycles. The number of morpholine rings is 1. The minimum atomic E-state index is -0.0624. The average molecular weight is 304 g/mol. The van der Waals surface area contributed by atoms with E-state index in [-0.39, 0.29) is 5.91 Å². The van der Waals surface area contributed by atoms with Gasteiger partial charge < -0.3 is 4.74 Å². The van der Waals surface area contributed by atoms with Crippen LogP contribution in [0.3, 0.4) is 0 Å². The molecule has 2 aromatic rings. The number of amides is 1. The fourth-order valence-corrected chi connectivity index (χ4v) is 2.86. The normalized spacial score (nSPS) is 15.8. The molecule has 1 N–H and O–H groups in total. The third-order valence-electron chi connectivity index (χ3n) is 3.16. The van der Waals surface area contributed by atoms with Crippen LogP contribution in [0.5, 0.6) is 0 Å². The number of carbonyl (C=O) groups excluding carboxylic acids is 1. The van der Waals surface area contributed by atoms with Gasteiger partial charge in [-0.3, -0.25) is 15.0 Å². The number of carbonyl (C=O) groups is 1. The zero-order valence-corrected chi connectivity index (χ0v) is 12.3. The maximum Gasteiger partial charge on any atom is 0.240 e. The Morgan fingerprint density at radius 1 is 1.24 bits per heavy atom. The molecule has 3 rings (SSSR count). The van der Waals surface area contributed by atoms with Gasteiger partial charge in [-0.1, -0.05) is 41.7 Å². The summed E-state index contributed by atoms with van der Waals surface area (Å²) in [6.07, 6.45) is 0. The van der Waals surface area contributed by atoms with Crippen LogP contribution in [0.4, 0.5) is 5.13 Å². The van der Waals surface area contributed by atoms with Gasteiger partial charge in [0.05, 0.1) is 19.8 Å². The van der Waals surface area contributed by atoms with Gasteiger partial charge in [0.15, 0.2) is 0 Å². The van der Waals surface area contributed by atoms with Gasteiger partial charge in [0.1, 0.15) is 5.01 Å². The van der Waals surface area contributed by atoms with E-state index in [9.17, 15) is 4.79 Å². The van der Waals surface area contributed by atoms with Crippen molar-refractivity contribution in [3.05, 3.63) is 30.3 Å². The van der Waals surface area contributed by atoms with Crippen molar-refractivity contribution in [3.63, 3.8) is 0 Å². The maximum absolute atomic E-state index is 12.0. The van der Waals surface area contributed by atoms with Gasteiger partial charge in [0, 0.05) is 18.7 Å². The van der Waals surface area contributed by atoms with Gasteiger partial charge in [0.2, 0.25) is 11.0 Å². The Morgan fingerprint density at radius 2 is 2.00 bits per heavy atom. The van der Waals surface area contributed by atoms with Crippen molar-refractivity contribution in [1.82, 2.24) is 15.1 Å². The summed E-state index contributed by atoms with van der Waals surface area (Å²) in [6.45, 7) is 3.32. The molecule has 0 aliphatic carbocycles. The van der Waals surface area contributed by atoms with Gasteiger partial charge in [-0.05, 0) is 0 Å². The number of hydrogen-bond acceptors (Lipinski definition) is 6. The number of hydrogen-bond donors (Lipinski definition) is 1. The number of aromatic nitrogens is 2. The maximum atomic E-state index is 12.0. The molecule has 110 valence electrons. The van der Waals surface area contributed by atoms with Crippen molar-refractivity contribution in [2.24, 2.45) is 0 Å². The van der Waals surface area contributed by atoms with Crippen molar-refractivity contribution in [2.45, 2.75) is 0 Å². The van der Waals surface area contributed by atoms with Crippen LogP contribution in [-0.2, 0) is 9.53 Å². The van der Waals surface area contributed by atoms with Crippen LogP contribution in [0.15, 0.2) is 30.3 Å². The number of rotatable bonds is 4. The SMILES string of the molecule is O=C(CN1CCOCC1)Nc1nnc(-c2ccccc2)s1. The summed E-state index contributed by atoms with van der Waals surface area (Å²) in [5, 5.41) is 12.3. The molecule has 1 aromatic heterocycles. The molecule has 21 heavy (non-hydrogen) atoms. The predicted molar refractivity (Wildman–Crippen MR) is 81.2 cm³/mol. The van der Waals surface area contributed by atoms with Crippen LogP contribution < -0.4 is 5.32 Å². The zero-order chi connectivity index (χ0) is 14.5. The monoisotopic (exact) mass is 304 g/mol. The van der Waals surface area contributed by atoms with Crippen LogP contribution in [0, 0.1) is 0 Å².